The molecular weight excluding hydrogens is 266 g/mol. The van der Waals surface area contributed by atoms with E-state index < -0.39 is 0 Å². The summed E-state index contributed by atoms with van der Waals surface area (Å²) in [7, 11) is 0. The number of aryl methyl sites for hydroxylation is 1. The molecule has 0 aliphatic rings. The highest BCUT2D eigenvalue weighted by atomic mass is 79.9. The molecule has 0 radical (unpaired) electrons. The maximum atomic E-state index is 11.4. The fourth-order valence-corrected chi connectivity index (χ4v) is 1.49. The van der Waals surface area contributed by atoms with Gasteiger partial charge in [-0.25, -0.2) is 0 Å². The van der Waals surface area contributed by atoms with Crippen LogP contribution in [0.4, 0.5) is 5.69 Å². The maximum absolute atomic E-state index is 11.4. The molecule has 16 heavy (non-hydrogen) atoms. The third-order valence-corrected chi connectivity index (χ3v) is 2.84. The quantitative estimate of drug-likeness (QED) is 0.661. The van der Waals surface area contributed by atoms with Crippen molar-refractivity contribution in [2.75, 3.05) is 5.32 Å². The standard InChI is InChI=1S/C13H14BrNO/c1-3-4-5-6-13(16)15-11-8-7-10(2)12(14)9-11/h3-9H,1-2H3,(H,15,16). The van der Waals surface area contributed by atoms with Crippen LogP contribution in [0, 0.1) is 6.92 Å². The van der Waals surface area contributed by atoms with Gasteiger partial charge in [0.05, 0.1) is 0 Å². The molecule has 0 heterocycles. The highest BCUT2D eigenvalue weighted by Crippen LogP contribution is 2.20. The van der Waals surface area contributed by atoms with E-state index in [-0.39, 0.29) is 5.91 Å². The Balaban J connectivity index is 2.66. The van der Waals surface area contributed by atoms with Gasteiger partial charge in [-0.2, -0.15) is 0 Å². The van der Waals surface area contributed by atoms with Crippen molar-refractivity contribution in [1.29, 1.82) is 0 Å². The number of hydrogen-bond acceptors (Lipinski definition) is 1. The summed E-state index contributed by atoms with van der Waals surface area (Å²) in [5.74, 6) is -0.131. The van der Waals surface area contributed by atoms with E-state index in [9.17, 15) is 4.79 Å². The number of carbonyl (C=O) groups is 1. The van der Waals surface area contributed by atoms with E-state index in [0.717, 1.165) is 15.7 Å². The summed E-state index contributed by atoms with van der Waals surface area (Å²) in [6, 6.07) is 5.72. The normalized spacial score (nSPS) is 11.2. The largest absolute Gasteiger partial charge is 0.322 e. The number of amides is 1. The van der Waals surface area contributed by atoms with Crippen LogP contribution in [-0.4, -0.2) is 5.91 Å². The molecule has 0 saturated carbocycles. The average Bonchev–Trinajstić information content (AvgIpc) is 2.24. The number of nitrogens with one attached hydrogen (secondary N) is 1. The summed E-state index contributed by atoms with van der Waals surface area (Å²) in [5.41, 5.74) is 1.93. The molecule has 1 N–H and O–H groups in total. The Kier molecular flexibility index (Phi) is 4.99. The molecule has 0 saturated heterocycles. The first kappa shape index (κ1) is 12.7. The van der Waals surface area contributed by atoms with Crippen molar-refractivity contribution in [1.82, 2.24) is 0 Å². The summed E-state index contributed by atoms with van der Waals surface area (Å²) < 4.78 is 0.989. The van der Waals surface area contributed by atoms with Gasteiger partial charge >= 0.3 is 0 Å². The van der Waals surface area contributed by atoms with Crippen molar-refractivity contribution in [3.05, 3.63) is 52.5 Å². The van der Waals surface area contributed by atoms with Crippen molar-refractivity contribution in [2.45, 2.75) is 13.8 Å². The number of allylic oxidation sites excluding steroid dienone is 3. The van der Waals surface area contributed by atoms with Crippen LogP contribution in [0.2, 0.25) is 0 Å². The minimum Gasteiger partial charge on any atom is -0.322 e. The summed E-state index contributed by atoms with van der Waals surface area (Å²) >= 11 is 3.42. The molecule has 1 aromatic rings. The molecule has 0 spiro atoms. The van der Waals surface area contributed by atoms with Crippen LogP contribution in [-0.2, 0) is 4.79 Å². The predicted octanol–water partition coefficient (Wildman–Crippen LogP) is 3.83. The molecule has 0 unspecified atom stereocenters. The first-order valence-corrected chi connectivity index (χ1v) is 5.79. The summed E-state index contributed by atoms with van der Waals surface area (Å²) in [5, 5.41) is 2.78. The lowest BCUT2D eigenvalue weighted by molar-refractivity contribution is -0.111. The van der Waals surface area contributed by atoms with Crippen molar-refractivity contribution in [2.24, 2.45) is 0 Å². The number of halogens is 1. The Morgan fingerprint density at radius 2 is 2.12 bits per heavy atom. The number of rotatable bonds is 3. The lowest BCUT2D eigenvalue weighted by atomic mass is 10.2. The topological polar surface area (TPSA) is 29.1 Å². The molecule has 84 valence electrons. The Morgan fingerprint density at radius 3 is 2.75 bits per heavy atom. The van der Waals surface area contributed by atoms with Crippen molar-refractivity contribution in [3.63, 3.8) is 0 Å². The van der Waals surface area contributed by atoms with Gasteiger partial charge in [-0.15, -0.1) is 0 Å². The number of benzene rings is 1. The van der Waals surface area contributed by atoms with Crippen LogP contribution in [0.15, 0.2) is 47.0 Å². The molecule has 3 heteroatoms. The second kappa shape index (κ2) is 6.28. The smallest absolute Gasteiger partial charge is 0.248 e. The fraction of sp³-hybridized carbons (Fsp3) is 0.154. The van der Waals surface area contributed by atoms with Gasteiger partial charge in [-0.1, -0.05) is 40.2 Å². The van der Waals surface area contributed by atoms with Crippen LogP contribution >= 0.6 is 15.9 Å². The van der Waals surface area contributed by atoms with Gasteiger partial charge in [0, 0.05) is 16.2 Å². The van der Waals surface area contributed by atoms with Crippen LogP contribution in [0.5, 0.6) is 0 Å². The summed E-state index contributed by atoms with van der Waals surface area (Å²) in [4.78, 5) is 11.4. The molecule has 0 bridgehead atoms. The maximum Gasteiger partial charge on any atom is 0.248 e. The Hall–Kier alpha value is -1.35. The summed E-state index contributed by atoms with van der Waals surface area (Å²) in [6.45, 7) is 3.90. The number of hydrogen-bond donors (Lipinski definition) is 1. The molecule has 0 fully saturated rings. The summed E-state index contributed by atoms with van der Waals surface area (Å²) in [6.07, 6.45) is 6.88. The molecular formula is C13H14BrNO. The van der Waals surface area contributed by atoms with Gasteiger partial charge in [-0.3, -0.25) is 4.79 Å². The molecule has 1 rings (SSSR count). The van der Waals surface area contributed by atoms with E-state index in [2.05, 4.69) is 21.2 Å². The van der Waals surface area contributed by atoms with Crippen molar-refractivity contribution in [3.8, 4) is 0 Å². The highest BCUT2D eigenvalue weighted by Gasteiger charge is 1.99. The van der Waals surface area contributed by atoms with Gasteiger partial charge in [0.1, 0.15) is 0 Å². The Morgan fingerprint density at radius 1 is 1.38 bits per heavy atom. The van der Waals surface area contributed by atoms with E-state index in [4.69, 9.17) is 0 Å². The van der Waals surface area contributed by atoms with E-state index in [0.29, 0.717) is 0 Å². The molecule has 1 amide bonds. The zero-order valence-electron chi connectivity index (χ0n) is 9.33. The lowest BCUT2D eigenvalue weighted by Gasteiger charge is -2.04. The monoisotopic (exact) mass is 279 g/mol. The van der Waals surface area contributed by atoms with E-state index >= 15 is 0 Å². The van der Waals surface area contributed by atoms with E-state index in [1.54, 1.807) is 6.08 Å². The molecule has 1 aromatic carbocycles. The van der Waals surface area contributed by atoms with E-state index in [1.165, 1.54) is 6.08 Å². The number of carbonyl (C=O) groups excluding carboxylic acids is 1. The van der Waals surface area contributed by atoms with Crippen LogP contribution < -0.4 is 5.32 Å². The van der Waals surface area contributed by atoms with Crippen molar-refractivity contribution < 1.29 is 4.79 Å². The second-order valence-electron chi connectivity index (χ2n) is 3.34. The fourth-order valence-electron chi connectivity index (χ4n) is 1.11. The predicted molar refractivity (Wildman–Crippen MR) is 71.5 cm³/mol. The van der Waals surface area contributed by atoms with Crippen LogP contribution in [0.3, 0.4) is 0 Å². The Bertz CT molecular complexity index is 436. The third kappa shape index (κ3) is 4.03. The van der Waals surface area contributed by atoms with Gasteiger partial charge in [0.2, 0.25) is 5.91 Å². The first-order chi connectivity index (χ1) is 7.63. The van der Waals surface area contributed by atoms with Gasteiger partial charge in [0.25, 0.3) is 0 Å². The molecule has 2 nitrogen and oxygen atoms in total. The minimum absolute atomic E-state index is 0.131. The SMILES string of the molecule is CC=CC=CC(=O)Nc1ccc(C)c(Br)c1. The first-order valence-electron chi connectivity index (χ1n) is 5.00. The van der Waals surface area contributed by atoms with Crippen LogP contribution in [0.1, 0.15) is 12.5 Å². The van der Waals surface area contributed by atoms with Crippen molar-refractivity contribution >= 4 is 27.5 Å². The molecule has 0 aromatic heterocycles. The van der Waals surface area contributed by atoms with Gasteiger partial charge < -0.3 is 5.32 Å². The zero-order chi connectivity index (χ0) is 12.0. The zero-order valence-corrected chi connectivity index (χ0v) is 10.9. The van der Waals surface area contributed by atoms with E-state index in [1.807, 2.05) is 44.2 Å². The van der Waals surface area contributed by atoms with Crippen LogP contribution in [0.25, 0.3) is 0 Å². The Labute approximate surface area is 104 Å². The highest BCUT2D eigenvalue weighted by molar-refractivity contribution is 9.10. The molecule has 0 aliphatic heterocycles. The lowest BCUT2D eigenvalue weighted by Crippen LogP contribution is -2.07. The average molecular weight is 280 g/mol. The second-order valence-corrected chi connectivity index (χ2v) is 4.19. The molecule has 0 atom stereocenters. The van der Waals surface area contributed by atoms with Gasteiger partial charge in [-0.05, 0) is 31.5 Å². The van der Waals surface area contributed by atoms with Gasteiger partial charge in [0.15, 0.2) is 0 Å². The minimum atomic E-state index is -0.131. The third-order valence-electron chi connectivity index (χ3n) is 1.99. The number of anilines is 1. The molecule has 0 aliphatic carbocycles.